The Morgan fingerprint density at radius 3 is 2.76 bits per heavy atom. The molecule has 7 heteroatoms. The number of nitrogens with one attached hydrogen (secondary N) is 1. The lowest BCUT2D eigenvalue weighted by Gasteiger charge is -2.25. The van der Waals surface area contributed by atoms with Gasteiger partial charge in [0, 0.05) is 23.7 Å². The lowest BCUT2D eigenvalue weighted by Crippen LogP contribution is -2.35. The Bertz CT molecular complexity index is 1250. The van der Waals surface area contributed by atoms with E-state index in [1.54, 1.807) is 6.20 Å². The molecule has 6 rings (SSSR count). The molecule has 5 atom stereocenters. The number of allylic oxidation sites excluding steroid dienone is 2. The number of nitrogens with zero attached hydrogens (tertiary/aromatic N) is 3. The van der Waals surface area contributed by atoms with E-state index in [-0.39, 0.29) is 24.2 Å². The summed E-state index contributed by atoms with van der Waals surface area (Å²) < 4.78 is 14.3. The van der Waals surface area contributed by atoms with Gasteiger partial charge in [-0.05, 0) is 69.7 Å². The van der Waals surface area contributed by atoms with Crippen LogP contribution >= 0.6 is 0 Å². The molecule has 3 aromatic rings. The summed E-state index contributed by atoms with van der Waals surface area (Å²) in [5.74, 6) is 0.214. The molecule has 1 aliphatic heterocycles. The van der Waals surface area contributed by atoms with Gasteiger partial charge in [-0.25, -0.2) is 4.98 Å². The second kappa shape index (κ2) is 8.18. The molecule has 0 amide bonds. The van der Waals surface area contributed by atoms with E-state index in [4.69, 9.17) is 14.6 Å². The zero-order valence-electron chi connectivity index (χ0n) is 19.9. The van der Waals surface area contributed by atoms with Crippen LogP contribution < -0.4 is 5.32 Å². The monoisotopic (exact) mass is 460 g/mol. The molecular formula is C27H32N4O3. The molecule has 0 spiro atoms. The average molecular weight is 461 g/mol. The first-order valence-corrected chi connectivity index (χ1v) is 12.3. The molecule has 1 aromatic carbocycles. The Kier molecular flexibility index (Phi) is 5.24. The third-order valence-corrected chi connectivity index (χ3v) is 7.39. The van der Waals surface area contributed by atoms with E-state index in [0.717, 1.165) is 42.0 Å². The molecule has 1 saturated heterocycles. The van der Waals surface area contributed by atoms with Crippen molar-refractivity contribution in [3.8, 4) is 11.3 Å². The Labute approximate surface area is 199 Å². The van der Waals surface area contributed by atoms with Gasteiger partial charge in [-0.3, -0.25) is 0 Å². The largest absolute Gasteiger partial charge is 0.393 e. The van der Waals surface area contributed by atoms with Gasteiger partial charge in [0.15, 0.2) is 11.4 Å². The molecule has 178 valence electrons. The quantitative estimate of drug-likeness (QED) is 0.576. The number of aromatic nitrogens is 3. The lowest BCUT2D eigenvalue weighted by atomic mass is 9.99. The second-order valence-electron chi connectivity index (χ2n) is 10.3. The first-order chi connectivity index (χ1) is 16.4. The zero-order chi connectivity index (χ0) is 23.4. The van der Waals surface area contributed by atoms with Crippen molar-refractivity contribution in [2.75, 3.05) is 5.32 Å². The number of aliphatic hydroxyl groups is 1. The molecule has 2 aliphatic carbocycles. The molecule has 3 heterocycles. The van der Waals surface area contributed by atoms with Gasteiger partial charge in [0.25, 0.3) is 0 Å². The van der Waals surface area contributed by atoms with Gasteiger partial charge in [-0.1, -0.05) is 24.3 Å². The normalized spacial score (nSPS) is 28.8. The Morgan fingerprint density at radius 2 is 1.97 bits per heavy atom. The van der Waals surface area contributed by atoms with Crippen LogP contribution in [0.15, 0.2) is 48.7 Å². The molecule has 34 heavy (non-hydrogen) atoms. The van der Waals surface area contributed by atoms with Gasteiger partial charge in [-0.2, -0.15) is 9.61 Å². The molecule has 0 unspecified atom stereocenters. The molecule has 2 aromatic heterocycles. The van der Waals surface area contributed by atoms with Gasteiger partial charge >= 0.3 is 0 Å². The molecule has 2 fully saturated rings. The van der Waals surface area contributed by atoms with Crippen LogP contribution in [0.5, 0.6) is 0 Å². The van der Waals surface area contributed by atoms with Crippen molar-refractivity contribution in [2.24, 2.45) is 5.92 Å². The van der Waals surface area contributed by atoms with Crippen LogP contribution in [0.1, 0.15) is 52.0 Å². The molecule has 1 saturated carbocycles. The molecule has 0 bridgehead atoms. The van der Waals surface area contributed by atoms with Gasteiger partial charge in [0.1, 0.15) is 11.9 Å². The van der Waals surface area contributed by atoms with Crippen LogP contribution in [0.25, 0.3) is 22.5 Å². The number of rotatable bonds is 5. The Hall–Kier alpha value is -2.74. The number of hydrogen-bond acceptors (Lipinski definition) is 6. The topological polar surface area (TPSA) is 80.9 Å². The SMILES string of the molecule is C[C@H](O)[C@H]1C[C@@H](Nc2ccnc3cc(-c4cccc(C5=CCCC5)c4)nn23)[C@@H]2OC(C)(C)O[C@H]12. The van der Waals surface area contributed by atoms with Crippen molar-refractivity contribution < 1.29 is 14.6 Å². The summed E-state index contributed by atoms with van der Waals surface area (Å²) >= 11 is 0. The van der Waals surface area contributed by atoms with Crippen LogP contribution in [-0.2, 0) is 9.47 Å². The summed E-state index contributed by atoms with van der Waals surface area (Å²) in [5.41, 5.74) is 5.48. The minimum Gasteiger partial charge on any atom is -0.393 e. The van der Waals surface area contributed by atoms with E-state index in [9.17, 15) is 5.11 Å². The first-order valence-electron chi connectivity index (χ1n) is 12.3. The van der Waals surface area contributed by atoms with Crippen molar-refractivity contribution in [3.63, 3.8) is 0 Å². The van der Waals surface area contributed by atoms with Crippen molar-refractivity contribution in [1.29, 1.82) is 0 Å². The summed E-state index contributed by atoms with van der Waals surface area (Å²) in [6.45, 7) is 5.70. The van der Waals surface area contributed by atoms with Crippen LogP contribution in [0.3, 0.4) is 0 Å². The predicted molar refractivity (Wildman–Crippen MR) is 131 cm³/mol. The average Bonchev–Trinajstić information content (AvgIpc) is 3.58. The summed E-state index contributed by atoms with van der Waals surface area (Å²) in [6, 6.07) is 12.6. The van der Waals surface area contributed by atoms with Crippen LogP contribution in [0, 0.1) is 5.92 Å². The number of hydrogen-bond donors (Lipinski definition) is 2. The fourth-order valence-corrected chi connectivity index (χ4v) is 5.78. The van der Waals surface area contributed by atoms with E-state index in [2.05, 4.69) is 40.6 Å². The lowest BCUT2D eigenvalue weighted by molar-refractivity contribution is -0.161. The van der Waals surface area contributed by atoms with Crippen molar-refractivity contribution in [3.05, 3.63) is 54.2 Å². The number of fused-ring (bicyclic) bond motifs is 2. The predicted octanol–water partition coefficient (Wildman–Crippen LogP) is 4.66. The molecule has 7 nitrogen and oxygen atoms in total. The number of aliphatic hydroxyl groups excluding tert-OH is 1. The summed E-state index contributed by atoms with van der Waals surface area (Å²) in [4.78, 5) is 4.55. The molecule has 2 N–H and O–H groups in total. The smallest absolute Gasteiger partial charge is 0.163 e. The highest BCUT2D eigenvalue weighted by Gasteiger charge is 2.55. The number of anilines is 1. The summed E-state index contributed by atoms with van der Waals surface area (Å²) in [7, 11) is 0. The number of benzene rings is 1. The second-order valence-corrected chi connectivity index (χ2v) is 10.3. The van der Waals surface area contributed by atoms with Crippen LogP contribution in [0.2, 0.25) is 0 Å². The Balaban J connectivity index is 1.30. The van der Waals surface area contributed by atoms with Gasteiger partial charge in [0.05, 0.1) is 23.9 Å². The van der Waals surface area contributed by atoms with Crippen molar-refractivity contribution in [1.82, 2.24) is 14.6 Å². The maximum atomic E-state index is 10.4. The highest BCUT2D eigenvalue weighted by atomic mass is 16.8. The van der Waals surface area contributed by atoms with E-state index < -0.39 is 11.9 Å². The van der Waals surface area contributed by atoms with E-state index in [1.165, 1.54) is 17.6 Å². The van der Waals surface area contributed by atoms with Gasteiger partial charge in [0.2, 0.25) is 0 Å². The fraction of sp³-hybridized carbons (Fsp3) is 0.481. The van der Waals surface area contributed by atoms with Crippen LogP contribution in [-0.4, -0.2) is 49.8 Å². The maximum Gasteiger partial charge on any atom is 0.163 e. The molecule has 0 radical (unpaired) electrons. The van der Waals surface area contributed by atoms with Gasteiger partial charge in [-0.15, -0.1) is 0 Å². The fourth-order valence-electron chi connectivity index (χ4n) is 5.78. The van der Waals surface area contributed by atoms with Gasteiger partial charge < -0.3 is 19.9 Å². The minimum absolute atomic E-state index is 0.00209. The van der Waals surface area contributed by atoms with E-state index in [0.29, 0.717) is 0 Å². The van der Waals surface area contributed by atoms with Crippen molar-refractivity contribution >= 4 is 17.0 Å². The number of ether oxygens (including phenoxy) is 2. The summed E-state index contributed by atoms with van der Waals surface area (Å²) in [5, 5.41) is 18.9. The van der Waals surface area contributed by atoms with Crippen LogP contribution in [0.4, 0.5) is 5.82 Å². The maximum absolute atomic E-state index is 10.4. The standard InChI is InChI=1S/C27H32N4O3/c1-16(32)20-14-22(26-25(20)33-27(2,3)34-26)29-23-11-12-28-24-15-21(30-31(23)24)19-10-6-9-18(13-19)17-7-4-5-8-17/h6-7,9-13,15-16,20,22,25-26,29,32H,4-5,8,14H2,1-3H3/t16-,20+,22+,25+,26-/m0/s1. The highest BCUT2D eigenvalue weighted by Crippen LogP contribution is 2.44. The Morgan fingerprint density at radius 1 is 1.15 bits per heavy atom. The minimum atomic E-state index is -0.658. The summed E-state index contributed by atoms with van der Waals surface area (Å²) in [6.07, 6.45) is 7.72. The van der Waals surface area contributed by atoms with E-state index in [1.807, 2.05) is 37.4 Å². The first kappa shape index (κ1) is 21.8. The third kappa shape index (κ3) is 3.82. The molecular weight excluding hydrogens is 428 g/mol. The zero-order valence-corrected chi connectivity index (χ0v) is 19.9. The van der Waals surface area contributed by atoms with E-state index >= 15 is 0 Å². The third-order valence-electron chi connectivity index (χ3n) is 7.39. The highest BCUT2D eigenvalue weighted by molar-refractivity contribution is 5.73. The van der Waals surface area contributed by atoms with Crippen molar-refractivity contribution in [2.45, 2.75) is 76.6 Å². The molecule has 3 aliphatic rings.